The number of rotatable bonds is 5. The summed E-state index contributed by atoms with van der Waals surface area (Å²) in [7, 11) is 0. The highest BCUT2D eigenvalue weighted by atomic mass is 16.6. The molecule has 1 fully saturated rings. The topological polar surface area (TPSA) is 117 Å². The predicted octanol–water partition coefficient (Wildman–Crippen LogP) is 1.59. The fourth-order valence-corrected chi connectivity index (χ4v) is 2.35. The van der Waals surface area contributed by atoms with E-state index >= 15 is 0 Å². The molecule has 1 aliphatic rings. The SMILES string of the molecule is C[C@@H](NC(=O)OC(C)(C)C)C(=O)Nc1cccc(CN2C(=O)CNC2=O)c1. The van der Waals surface area contributed by atoms with E-state index in [1.54, 1.807) is 45.0 Å². The molecular formula is C18H24N4O5. The van der Waals surface area contributed by atoms with Crippen LogP contribution in [0.3, 0.4) is 0 Å². The highest BCUT2D eigenvalue weighted by Gasteiger charge is 2.28. The molecule has 0 aromatic heterocycles. The van der Waals surface area contributed by atoms with E-state index in [4.69, 9.17) is 4.74 Å². The Kier molecular flexibility index (Phi) is 6.04. The Bertz CT molecular complexity index is 740. The Morgan fingerprint density at radius 3 is 2.59 bits per heavy atom. The van der Waals surface area contributed by atoms with E-state index in [0.29, 0.717) is 11.3 Å². The molecule has 1 saturated heterocycles. The minimum atomic E-state index is -0.811. The average molecular weight is 376 g/mol. The molecule has 0 bridgehead atoms. The van der Waals surface area contributed by atoms with Gasteiger partial charge in [-0.15, -0.1) is 0 Å². The number of nitrogens with zero attached hydrogens (tertiary/aromatic N) is 1. The summed E-state index contributed by atoms with van der Waals surface area (Å²) in [6, 6.07) is 5.54. The van der Waals surface area contributed by atoms with Gasteiger partial charge in [0.05, 0.1) is 13.1 Å². The smallest absolute Gasteiger partial charge is 0.408 e. The van der Waals surface area contributed by atoms with Gasteiger partial charge in [-0.2, -0.15) is 0 Å². The van der Waals surface area contributed by atoms with Gasteiger partial charge in [-0.3, -0.25) is 14.5 Å². The molecule has 0 spiro atoms. The first kappa shape index (κ1) is 20.2. The van der Waals surface area contributed by atoms with Crippen LogP contribution in [-0.2, 0) is 20.9 Å². The largest absolute Gasteiger partial charge is 0.444 e. The molecule has 1 aromatic rings. The maximum Gasteiger partial charge on any atom is 0.408 e. The monoisotopic (exact) mass is 376 g/mol. The van der Waals surface area contributed by atoms with Crippen LogP contribution in [0.4, 0.5) is 15.3 Å². The van der Waals surface area contributed by atoms with Crippen molar-refractivity contribution in [2.45, 2.75) is 45.9 Å². The molecule has 0 radical (unpaired) electrons. The van der Waals surface area contributed by atoms with Crippen LogP contribution in [0.2, 0.25) is 0 Å². The zero-order chi connectivity index (χ0) is 20.2. The van der Waals surface area contributed by atoms with Crippen molar-refractivity contribution in [3.63, 3.8) is 0 Å². The summed E-state index contributed by atoms with van der Waals surface area (Å²) < 4.78 is 5.12. The number of benzene rings is 1. The van der Waals surface area contributed by atoms with E-state index in [0.717, 1.165) is 4.90 Å². The van der Waals surface area contributed by atoms with Gasteiger partial charge >= 0.3 is 12.1 Å². The van der Waals surface area contributed by atoms with Crippen LogP contribution in [0.5, 0.6) is 0 Å². The van der Waals surface area contributed by atoms with Crippen LogP contribution in [0.1, 0.15) is 33.3 Å². The molecular weight excluding hydrogens is 352 g/mol. The summed E-state index contributed by atoms with van der Waals surface area (Å²) in [6.07, 6.45) is -0.683. The number of carbonyl (C=O) groups excluding carboxylic acids is 4. The molecule has 2 rings (SSSR count). The lowest BCUT2D eigenvalue weighted by Gasteiger charge is -2.21. The van der Waals surface area contributed by atoms with Crippen LogP contribution in [0.15, 0.2) is 24.3 Å². The van der Waals surface area contributed by atoms with Crippen LogP contribution in [0.25, 0.3) is 0 Å². The first-order valence-electron chi connectivity index (χ1n) is 8.52. The van der Waals surface area contributed by atoms with Crippen LogP contribution in [0, 0.1) is 0 Å². The Morgan fingerprint density at radius 1 is 1.30 bits per heavy atom. The van der Waals surface area contributed by atoms with Crippen molar-refractivity contribution >= 4 is 29.6 Å². The highest BCUT2D eigenvalue weighted by molar-refractivity contribution is 6.02. The lowest BCUT2D eigenvalue weighted by Crippen LogP contribution is -2.44. The fourth-order valence-electron chi connectivity index (χ4n) is 2.35. The normalized spacial score (nSPS) is 15.2. The second-order valence-electron chi connectivity index (χ2n) is 7.20. The van der Waals surface area contributed by atoms with Crippen LogP contribution >= 0.6 is 0 Å². The minimum absolute atomic E-state index is 0.0108. The highest BCUT2D eigenvalue weighted by Crippen LogP contribution is 2.15. The van der Waals surface area contributed by atoms with E-state index in [-0.39, 0.29) is 19.0 Å². The van der Waals surface area contributed by atoms with E-state index < -0.39 is 29.7 Å². The lowest BCUT2D eigenvalue weighted by atomic mass is 10.2. The van der Waals surface area contributed by atoms with Crippen molar-refractivity contribution < 1.29 is 23.9 Å². The maximum absolute atomic E-state index is 12.3. The third-order valence-electron chi connectivity index (χ3n) is 3.60. The molecule has 9 heteroatoms. The van der Waals surface area contributed by atoms with Crippen molar-refractivity contribution in [3.05, 3.63) is 29.8 Å². The number of hydrogen-bond donors (Lipinski definition) is 3. The lowest BCUT2D eigenvalue weighted by molar-refractivity contribution is -0.125. The molecule has 1 atom stereocenters. The third-order valence-corrected chi connectivity index (χ3v) is 3.60. The number of nitrogens with one attached hydrogen (secondary N) is 3. The number of alkyl carbamates (subject to hydrolysis) is 1. The second kappa shape index (κ2) is 8.07. The summed E-state index contributed by atoms with van der Waals surface area (Å²) in [5, 5.41) is 7.60. The van der Waals surface area contributed by atoms with Gasteiger partial charge in [0, 0.05) is 5.69 Å². The van der Waals surface area contributed by atoms with Gasteiger partial charge in [0.15, 0.2) is 0 Å². The van der Waals surface area contributed by atoms with E-state index in [9.17, 15) is 19.2 Å². The molecule has 0 saturated carbocycles. The van der Waals surface area contributed by atoms with E-state index in [1.807, 2.05) is 0 Å². The first-order valence-corrected chi connectivity index (χ1v) is 8.52. The number of imide groups is 1. The quantitative estimate of drug-likeness (QED) is 0.675. The number of anilines is 1. The molecule has 1 aromatic carbocycles. The standard InChI is InChI=1S/C18H24N4O5/c1-11(20-17(26)27-18(2,3)4)15(24)21-13-7-5-6-12(8-13)10-22-14(23)9-19-16(22)25/h5-8,11H,9-10H2,1-4H3,(H,19,25)(H,20,26)(H,21,24)/t11-/m1/s1. The average Bonchev–Trinajstić information content (AvgIpc) is 2.85. The fraction of sp³-hybridized carbons (Fsp3) is 0.444. The predicted molar refractivity (Wildman–Crippen MR) is 97.9 cm³/mol. The number of carbonyl (C=O) groups is 4. The molecule has 3 N–H and O–H groups in total. The van der Waals surface area contributed by atoms with Gasteiger partial charge in [0.25, 0.3) is 0 Å². The molecule has 1 aliphatic heterocycles. The van der Waals surface area contributed by atoms with Gasteiger partial charge in [-0.1, -0.05) is 12.1 Å². The number of ether oxygens (including phenoxy) is 1. The third kappa shape index (κ3) is 5.98. The summed E-state index contributed by atoms with van der Waals surface area (Å²) in [5.41, 5.74) is 0.516. The summed E-state index contributed by atoms with van der Waals surface area (Å²) in [5.74, 6) is -0.724. The van der Waals surface area contributed by atoms with Crippen LogP contribution < -0.4 is 16.0 Å². The zero-order valence-electron chi connectivity index (χ0n) is 15.8. The van der Waals surface area contributed by atoms with Crippen LogP contribution in [-0.4, -0.2) is 47.0 Å². The molecule has 146 valence electrons. The first-order chi connectivity index (χ1) is 12.5. The Hall–Kier alpha value is -3.10. The Morgan fingerprint density at radius 2 is 2.00 bits per heavy atom. The molecule has 1 heterocycles. The van der Waals surface area contributed by atoms with Gasteiger partial charge in [-0.25, -0.2) is 9.59 Å². The van der Waals surface area contributed by atoms with Gasteiger partial charge in [0.2, 0.25) is 11.8 Å². The summed E-state index contributed by atoms with van der Waals surface area (Å²) in [4.78, 5) is 48.4. The number of amides is 5. The number of hydrogen-bond acceptors (Lipinski definition) is 5. The van der Waals surface area contributed by atoms with Crippen molar-refractivity contribution in [2.75, 3.05) is 11.9 Å². The zero-order valence-corrected chi connectivity index (χ0v) is 15.8. The second-order valence-corrected chi connectivity index (χ2v) is 7.20. The van der Waals surface area contributed by atoms with Crippen molar-refractivity contribution in [3.8, 4) is 0 Å². The molecule has 9 nitrogen and oxygen atoms in total. The van der Waals surface area contributed by atoms with Crippen molar-refractivity contribution in [2.24, 2.45) is 0 Å². The van der Waals surface area contributed by atoms with E-state index in [1.165, 1.54) is 6.92 Å². The van der Waals surface area contributed by atoms with E-state index in [2.05, 4.69) is 16.0 Å². The van der Waals surface area contributed by atoms with Gasteiger partial charge in [0.1, 0.15) is 11.6 Å². The number of urea groups is 1. The van der Waals surface area contributed by atoms with Gasteiger partial charge in [-0.05, 0) is 45.4 Å². The van der Waals surface area contributed by atoms with Crippen molar-refractivity contribution in [1.29, 1.82) is 0 Å². The Balaban J connectivity index is 1.94. The minimum Gasteiger partial charge on any atom is -0.444 e. The summed E-state index contributed by atoms with van der Waals surface area (Å²) in [6.45, 7) is 6.83. The molecule has 5 amide bonds. The maximum atomic E-state index is 12.3. The molecule has 27 heavy (non-hydrogen) atoms. The van der Waals surface area contributed by atoms with Gasteiger partial charge < -0.3 is 20.7 Å². The summed E-state index contributed by atoms with van der Waals surface area (Å²) >= 11 is 0. The molecule has 0 aliphatic carbocycles. The molecule has 0 unspecified atom stereocenters. The van der Waals surface area contributed by atoms with Crippen molar-refractivity contribution in [1.82, 2.24) is 15.5 Å². The Labute approximate surface area is 157 Å².